The Morgan fingerprint density at radius 1 is 1.45 bits per heavy atom. The van der Waals surface area contributed by atoms with Crippen LogP contribution in [0.1, 0.15) is 36.7 Å². The van der Waals surface area contributed by atoms with Crippen molar-refractivity contribution in [3.63, 3.8) is 0 Å². The first-order valence-electron chi connectivity index (χ1n) is 6.95. The molecule has 0 spiro atoms. The van der Waals surface area contributed by atoms with Gasteiger partial charge in [-0.3, -0.25) is 0 Å². The second kappa shape index (κ2) is 6.90. The fourth-order valence-corrected chi connectivity index (χ4v) is 2.69. The van der Waals surface area contributed by atoms with E-state index in [1.165, 1.54) is 19.3 Å². The number of nitrogens with one attached hydrogen (secondary N) is 1. The highest BCUT2D eigenvalue weighted by Crippen LogP contribution is 2.17. The second-order valence-corrected chi connectivity index (χ2v) is 5.65. The molecule has 0 saturated carbocycles. The summed E-state index contributed by atoms with van der Waals surface area (Å²) in [5.74, 6) is -0.557. The van der Waals surface area contributed by atoms with Crippen molar-refractivity contribution in [2.45, 2.75) is 32.2 Å². The number of halogens is 1. The predicted octanol–water partition coefficient (Wildman–Crippen LogP) is 2.72. The van der Waals surface area contributed by atoms with Crippen molar-refractivity contribution in [2.75, 3.05) is 25.0 Å². The van der Waals surface area contributed by atoms with Crippen molar-refractivity contribution in [1.29, 1.82) is 0 Å². The Labute approximate surface area is 123 Å². The van der Waals surface area contributed by atoms with Gasteiger partial charge < -0.3 is 15.3 Å². The summed E-state index contributed by atoms with van der Waals surface area (Å²) >= 11 is 5.80. The molecule has 1 aromatic rings. The number of carboxylic acid groups (broad SMARTS) is 1. The lowest BCUT2D eigenvalue weighted by Crippen LogP contribution is -2.38. The molecule has 1 aliphatic rings. The summed E-state index contributed by atoms with van der Waals surface area (Å²) < 4.78 is 0. The highest BCUT2D eigenvalue weighted by Gasteiger charge is 2.15. The number of carbonyl (C=O) groups is 1. The summed E-state index contributed by atoms with van der Waals surface area (Å²) in [4.78, 5) is 17.5. The number of pyridine rings is 1. The van der Waals surface area contributed by atoms with Gasteiger partial charge in [-0.2, -0.15) is 0 Å². The Bertz CT molecular complexity index is 475. The summed E-state index contributed by atoms with van der Waals surface area (Å²) in [6, 6.07) is 3.48. The van der Waals surface area contributed by atoms with Crippen LogP contribution in [0.4, 0.5) is 5.82 Å². The summed E-state index contributed by atoms with van der Waals surface area (Å²) in [6.07, 6.45) is 3.84. The molecular weight excluding hydrogens is 278 g/mol. The lowest BCUT2D eigenvalue weighted by atomic mass is 10.1. The SMILES string of the molecule is CC(CN1CCCCC1)Nc1ccc(Cl)c(C(=O)O)n1. The highest BCUT2D eigenvalue weighted by atomic mass is 35.5. The third kappa shape index (κ3) is 4.08. The van der Waals surface area contributed by atoms with E-state index >= 15 is 0 Å². The van der Waals surface area contributed by atoms with Crippen LogP contribution in [0.2, 0.25) is 5.02 Å². The number of piperidine rings is 1. The van der Waals surface area contributed by atoms with Crippen LogP contribution in [0.25, 0.3) is 0 Å². The quantitative estimate of drug-likeness (QED) is 0.875. The Kier molecular flexibility index (Phi) is 5.20. The lowest BCUT2D eigenvalue weighted by Gasteiger charge is -2.29. The Balaban J connectivity index is 1.95. The third-order valence-electron chi connectivity index (χ3n) is 3.42. The molecule has 110 valence electrons. The molecule has 20 heavy (non-hydrogen) atoms. The second-order valence-electron chi connectivity index (χ2n) is 5.24. The number of aromatic carboxylic acids is 1. The fourth-order valence-electron chi connectivity index (χ4n) is 2.50. The van der Waals surface area contributed by atoms with Gasteiger partial charge in [-0.25, -0.2) is 9.78 Å². The van der Waals surface area contributed by atoms with Gasteiger partial charge in [-0.05, 0) is 45.0 Å². The molecule has 2 N–H and O–H groups in total. The molecule has 1 atom stereocenters. The van der Waals surface area contributed by atoms with Crippen LogP contribution in [0, 0.1) is 0 Å². The Morgan fingerprint density at radius 2 is 2.15 bits per heavy atom. The monoisotopic (exact) mass is 297 g/mol. The standard InChI is InChI=1S/C14H20ClN3O2/c1-10(9-18-7-3-2-4-8-18)16-12-6-5-11(15)13(17-12)14(19)20/h5-6,10H,2-4,7-9H2,1H3,(H,16,17)(H,19,20). The van der Waals surface area contributed by atoms with E-state index in [9.17, 15) is 4.79 Å². The van der Waals surface area contributed by atoms with Crippen molar-refractivity contribution < 1.29 is 9.90 Å². The van der Waals surface area contributed by atoms with Crippen LogP contribution in [-0.4, -0.2) is 46.6 Å². The molecular formula is C14H20ClN3O2. The van der Waals surface area contributed by atoms with Crippen molar-refractivity contribution in [3.05, 3.63) is 22.8 Å². The Morgan fingerprint density at radius 3 is 2.80 bits per heavy atom. The van der Waals surface area contributed by atoms with E-state index in [0.29, 0.717) is 5.82 Å². The van der Waals surface area contributed by atoms with Crippen LogP contribution < -0.4 is 5.32 Å². The van der Waals surface area contributed by atoms with Gasteiger partial charge in [0.25, 0.3) is 0 Å². The first kappa shape index (κ1) is 15.1. The first-order chi connectivity index (χ1) is 9.56. The van der Waals surface area contributed by atoms with E-state index < -0.39 is 5.97 Å². The van der Waals surface area contributed by atoms with Crippen molar-refractivity contribution in [1.82, 2.24) is 9.88 Å². The molecule has 2 rings (SSSR count). The van der Waals surface area contributed by atoms with Gasteiger partial charge in [0, 0.05) is 12.6 Å². The number of nitrogens with zero attached hydrogens (tertiary/aromatic N) is 2. The topological polar surface area (TPSA) is 65.5 Å². The molecule has 0 aromatic carbocycles. The molecule has 5 nitrogen and oxygen atoms in total. The number of likely N-dealkylation sites (tertiary alicyclic amines) is 1. The summed E-state index contributed by atoms with van der Waals surface area (Å²) in [6.45, 7) is 5.29. The van der Waals surface area contributed by atoms with Gasteiger partial charge in [0.15, 0.2) is 5.69 Å². The van der Waals surface area contributed by atoms with E-state index in [1.807, 2.05) is 0 Å². The lowest BCUT2D eigenvalue weighted by molar-refractivity contribution is 0.0691. The number of anilines is 1. The number of hydrogen-bond donors (Lipinski definition) is 2. The average molecular weight is 298 g/mol. The van der Waals surface area contributed by atoms with Gasteiger partial charge in [0.2, 0.25) is 0 Å². The van der Waals surface area contributed by atoms with Crippen molar-refractivity contribution >= 4 is 23.4 Å². The molecule has 0 radical (unpaired) electrons. The maximum atomic E-state index is 11.0. The molecule has 0 amide bonds. The molecule has 1 saturated heterocycles. The fraction of sp³-hybridized carbons (Fsp3) is 0.571. The molecule has 0 bridgehead atoms. The summed E-state index contributed by atoms with van der Waals surface area (Å²) in [5, 5.41) is 12.4. The third-order valence-corrected chi connectivity index (χ3v) is 3.73. The average Bonchev–Trinajstić information content (AvgIpc) is 2.41. The van der Waals surface area contributed by atoms with E-state index in [0.717, 1.165) is 19.6 Å². The maximum absolute atomic E-state index is 11.0. The van der Waals surface area contributed by atoms with Crippen molar-refractivity contribution in [2.24, 2.45) is 0 Å². The largest absolute Gasteiger partial charge is 0.476 e. The molecule has 0 aliphatic carbocycles. The van der Waals surface area contributed by atoms with Crippen LogP contribution in [-0.2, 0) is 0 Å². The van der Waals surface area contributed by atoms with E-state index in [1.54, 1.807) is 12.1 Å². The molecule has 1 aromatic heterocycles. The predicted molar refractivity (Wildman–Crippen MR) is 79.6 cm³/mol. The van der Waals surface area contributed by atoms with Gasteiger partial charge in [-0.1, -0.05) is 18.0 Å². The number of aromatic nitrogens is 1. The smallest absolute Gasteiger partial charge is 0.356 e. The van der Waals surface area contributed by atoms with Crippen LogP contribution >= 0.6 is 11.6 Å². The molecule has 1 aliphatic heterocycles. The van der Waals surface area contributed by atoms with Gasteiger partial charge in [0.1, 0.15) is 5.82 Å². The molecule has 1 unspecified atom stereocenters. The summed E-state index contributed by atoms with van der Waals surface area (Å²) in [5.41, 5.74) is -0.109. The molecule has 6 heteroatoms. The summed E-state index contributed by atoms with van der Waals surface area (Å²) in [7, 11) is 0. The van der Waals surface area contributed by atoms with E-state index in [2.05, 4.69) is 22.1 Å². The number of carboxylic acids is 1. The zero-order chi connectivity index (χ0) is 14.5. The van der Waals surface area contributed by atoms with Crippen LogP contribution in [0.15, 0.2) is 12.1 Å². The van der Waals surface area contributed by atoms with Gasteiger partial charge in [-0.15, -0.1) is 0 Å². The van der Waals surface area contributed by atoms with E-state index in [-0.39, 0.29) is 16.8 Å². The maximum Gasteiger partial charge on any atom is 0.356 e. The Hall–Kier alpha value is -1.33. The zero-order valence-electron chi connectivity index (χ0n) is 11.6. The minimum atomic E-state index is -1.11. The number of hydrogen-bond acceptors (Lipinski definition) is 4. The van der Waals surface area contributed by atoms with E-state index in [4.69, 9.17) is 16.7 Å². The van der Waals surface area contributed by atoms with Gasteiger partial charge >= 0.3 is 5.97 Å². The highest BCUT2D eigenvalue weighted by molar-refractivity contribution is 6.33. The first-order valence-corrected chi connectivity index (χ1v) is 7.33. The molecule has 2 heterocycles. The van der Waals surface area contributed by atoms with Gasteiger partial charge in [0.05, 0.1) is 5.02 Å². The number of rotatable bonds is 5. The zero-order valence-corrected chi connectivity index (χ0v) is 12.4. The van der Waals surface area contributed by atoms with Crippen LogP contribution in [0.5, 0.6) is 0 Å². The van der Waals surface area contributed by atoms with Crippen molar-refractivity contribution in [3.8, 4) is 0 Å². The minimum absolute atomic E-state index is 0.109. The normalized spacial score (nSPS) is 17.7. The van der Waals surface area contributed by atoms with Crippen LogP contribution in [0.3, 0.4) is 0 Å². The minimum Gasteiger partial charge on any atom is -0.476 e. The molecule has 1 fully saturated rings.